The summed E-state index contributed by atoms with van der Waals surface area (Å²) in [5, 5.41) is 8.41. The molecule has 2 aromatic carbocycles. The lowest BCUT2D eigenvalue weighted by Gasteiger charge is -2.28. The Hall–Kier alpha value is -3.84. The van der Waals surface area contributed by atoms with E-state index < -0.39 is 35.5 Å². The van der Waals surface area contributed by atoms with Gasteiger partial charge >= 0.3 is 0 Å². The zero-order valence-electron chi connectivity index (χ0n) is 25.5. The van der Waals surface area contributed by atoms with E-state index in [2.05, 4.69) is 16.0 Å². The van der Waals surface area contributed by atoms with Gasteiger partial charge in [0, 0.05) is 26.6 Å². The van der Waals surface area contributed by atoms with Crippen LogP contribution in [0.5, 0.6) is 5.75 Å². The second-order valence-electron chi connectivity index (χ2n) is 11.2. The first-order chi connectivity index (χ1) is 21.2. The van der Waals surface area contributed by atoms with E-state index >= 15 is 0 Å². The fraction of sp³-hybridized carbons (Fsp3) is 0.500. The molecule has 2 aliphatic heterocycles. The molecule has 0 aliphatic carbocycles. The first-order valence-corrected chi connectivity index (χ1v) is 14.7. The predicted molar refractivity (Wildman–Crippen MR) is 161 cm³/mol. The van der Waals surface area contributed by atoms with Crippen molar-refractivity contribution < 1.29 is 38.1 Å². The molecule has 4 atom stereocenters. The number of ether oxygens (including phenoxy) is 4. The van der Waals surface area contributed by atoms with Gasteiger partial charge in [0.1, 0.15) is 23.4 Å². The molecular formula is C32H42N4O8. The van der Waals surface area contributed by atoms with Gasteiger partial charge in [0.15, 0.2) is 5.78 Å². The number of carbonyl (C=O) groups is 4. The van der Waals surface area contributed by atoms with Gasteiger partial charge < -0.3 is 34.9 Å². The van der Waals surface area contributed by atoms with Gasteiger partial charge in [0.2, 0.25) is 17.7 Å². The quantitative estimate of drug-likeness (QED) is 0.228. The van der Waals surface area contributed by atoms with Crippen LogP contribution in [0.15, 0.2) is 54.6 Å². The summed E-state index contributed by atoms with van der Waals surface area (Å²) in [6.45, 7) is 4.30. The number of morpholine rings is 1. The van der Waals surface area contributed by atoms with Gasteiger partial charge in [-0.2, -0.15) is 0 Å². The highest BCUT2D eigenvalue weighted by Gasteiger charge is 2.50. The number of hydrogen-bond donors (Lipinski definition) is 3. The number of amides is 3. The van der Waals surface area contributed by atoms with Gasteiger partial charge in [-0.1, -0.05) is 42.5 Å². The minimum Gasteiger partial charge on any atom is -0.497 e. The molecule has 0 saturated carbocycles. The van der Waals surface area contributed by atoms with E-state index in [4.69, 9.17) is 18.9 Å². The molecule has 0 spiro atoms. The molecule has 44 heavy (non-hydrogen) atoms. The number of nitrogens with zero attached hydrogens (tertiary/aromatic N) is 1. The van der Waals surface area contributed by atoms with Crippen LogP contribution >= 0.6 is 0 Å². The molecule has 12 nitrogen and oxygen atoms in total. The highest BCUT2D eigenvalue weighted by Crippen LogP contribution is 2.29. The van der Waals surface area contributed by atoms with E-state index in [1.807, 2.05) is 35.2 Å². The molecule has 0 aromatic heterocycles. The molecule has 12 heteroatoms. The molecule has 0 unspecified atom stereocenters. The van der Waals surface area contributed by atoms with Crippen LogP contribution in [0, 0.1) is 0 Å². The second-order valence-corrected chi connectivity index (χ2v) is 11.2. The lowest BCUT2D eigenvalue weighted by molar-refractivity contribution is -0.135. The fourth-order valence-electron chi connectivity index (χ4n) is 4.98. The van der Waals surface area contributed by atoms with Gasteiger partial charge in [-0.15, -0.1) is 0 Å². The molecule has 2 heterocycles. The number of nitrogens with one attached hydrogen (secondary N) is 3. The van der Waals surface area contributed by atoms with Crippen LogP contribution in [0.1, 0.15) is 18.1 Å². The molecule has 0 radical (unpaired) electrons. The Morgan fingerprint density at radius 1 is 0.841 bits per heavy atom. The van der Waals surface area contributed by atoms with Crippen molar-refractivity contribution in [2.75, 3.05) is 60.3 Å². The fourth-order valence-corrected chi connectivity index (χ4v) is 4.98. The zero-order valence-corrected chi connectivity index (χ0v) is 25.5. The first-order valence-electron chi connectivity index (χ1n) is 14.7. The van der Waals surface area contributed by atoms with Gasteiger partial charge in [-0.3, -0.25) is 24.1 Å². The number of benzene rings is 2. The van der Waals surface area contributed by atoms with E-state index in [0.29, 0.717) is 32.1 Å². The van der Waals surface area contributed by atoms with Crippen molar-refractivity contribution in [3.63, 3.8) is 0 Å². The highest BCUT2D eigenvalue weighted by atomic mass is 16.6. The predicted octanol–water partition coefficient (Wildman–Crippen LogP) is 0.271. The average molecular weight is 611 g/mol. The van der Waals surface area contributed by atoms with Crippen molar-refractivity contribution in [2.45, 2.75) is 43.5 Å². The molecule has 2 aliphatic rings. The van der Waals surface area contributed by atoms with Crippen LogP contribution in [0.3, 0.4) is 0 Å². The Labute approximate surface area is 257 Å². The SMILES string of the molecule is COC[C@H](NC(=O)CN1CCOCC1)C(=O)N[C@@H](Cc1ccc(OC)cc1)C(=O)N[C@@H](Cc1ccccc1)C(=O)[C@@]1(C)CO1. The topological polar surface area (TPSA) is 148 Å². The van der Waals surface area contributed by atoms with E-state index in [0.717, 1.165) is 11.1 Å². The van der Waals surface area contributed by atoms with Crippen LogP contribution in [0.4, 0.5) is 0 Å². The number of epoxide rings is 1. The number of rotatable bonds is 16. The van der Waals surface area contributed by atoms with Crippen molar-refractivity contribution >= 4 is 23.5 Å². The average Bonchev–Trinajstić information content (AvgIpc) is 3.79. The Bertz CT molecular complexity index is 1260. The van der Waals surface area contributed by atoms with Gasteiger partial charge in [0.25, 0.3) is 0 Å². The Balaban J connectivity index is 1.50. The Kier molecular flexibility index (Phi) is 11.8. The van der Waals surface area contributed by atoms with Crippen LogP contribution in [-0.4, -0.2) is 112 Å². The molecule has 4 rings (SSSR count). The Morgan fingerprint density at radius 3 is 2.05 bits per heavy atom. The van der Waals surface area contributed by atoms with E-state index in [9.17, 15) is 19.2 Å². The monoisotopic (exact) mass is 610 g/mol. The summed E-state index contributed by atoms with van der Waals surface area (Å²) < 4.78 is 21.2. The molecule has 238 valence electrons. The third kappa shape index (κ3) is 9.58. The van der Waals surface area contributed by atoms with Crippen molar-refractivity contribution in [2.24, 2.45) is 0 Å². The molecule has 2 aromatic rings. The largest absolute Gasteiger partial charge is 0.497 e. The van der Waals surface area contributed by atoms with Crippen LogP contribution in [-0.2, 0) is 46.2 Å². The summed E-state index contributed by atoms with van der Waals surface area (Å²) in [6.07, 6.45) is 0.389. The third-order valence-corrected chi connectivity index (χ3v) is 7.70. The first kappa shape index (κ1) is 33.1. The maximum absolute atomic E-state index is 13.8. The van der Waals surface area contributed by atoms with Crippen LogP contribution in [0.2, 0.25) is 0 Å². The molecule has 2 saturated heterocycles. The molecule has 3 amide bonds. The number of Topliss-reactive ketones (excluding diaryl/α,β-unsaturated/α-hetero) is 1. The number of carbonyl (C=O) groups excluding carboxylic acids is 4. The minimum absolute atomic E-state index is 0.0949. The normalized spacial score (nSPS) is 20.1. The third-order valence-electron chi connectivity index (χ3n) is 7.70. The standard InChI is InChI=1S/C32H42N4O8/c1-32(21-44-32)29(38)25(17-22-7-5-4-6-8-22)34-30(39)26(18-23-9-11-24(42-3)12-10-23)35-31(40)27(20-41-2)33-28(37)19-36-13-15-43-16-14-36/h4-12,25-27H,13-21H2,1-3H3,(H,33,37)(H,34,39)(H,35,40)/t25-,26-,27-,32+/m0/s1. The Morgan fingerprint density at radius 2 is 1.43 bits per heavy atom. The second kappa shape index (κ2) is 15.8. The molecule has 2 fully saturated rings. The molecule has 0 bridgehead atoms. The van der Waals surface area contributed by atoms with Crippen LogP contribution in [0.25, 0.3) is 0 Å². The summed E-state index contributed by atoms with van der Waals surface area (Å²) in [5.41, 5.74) is 0.666. The zero-order chi connectivity index (χ0) is 31.5. The summed E-state index contributed by atoms with van der Waals surface area (Å²) in [7, 11) is 2.99. The lowest BCUT2D eigenvalue weighted by atomic mass is 9.94. The van der Waals surface area contributed by atoms with Gasteiger partial charge in [-0.05, 0) is 36.6 Å². The van der Waals surface area contributed by atoms with Crippen molar-refractivity contribution in [1.82, 2.24) is 20.9 Å². The van der Waals surface area contributed by atoms with E-state index in [1.54, 1.807) is 38.3 Å². The van der Waals surface area contributed by atoms with Gasteiger partial charge in [0.05, 0.1) is 46.1 Å². The summed E-state index contributed by atoms with van der Waals surface area (Å²) in [5.74, 6) is -1.06. The molecule has 3 N–H and O–H groups in total. The highest BCUT2D eigenvalue weighted by molar-refractivity contribution is 5.98. The maximum Gasteiger partial charge on any atom is 0.245 e. The van der Waals surface area contributed by atoms with E-state index in [-0.39, 0.29) is 44.3 Å². The van der Waals surface area contributed by atoms with Crippen LogP contribution < -0.4 is 20.7 Å². The molecular weight excluding hydrogens is 568 g/mol. The van der Waals surface area contributed by atoms with Crippen molar-refractivity contribution in [3.05, 3.63) is 65.7 Å². The smallest absolute Gasteiger partial charge is 0.245 e. The van der Waals surface area contributed by atoms with E-state index in [1.165, 1.54) is 7.11 Å². The van der Waals surface area contributed by atoms with Crippen molar-refractivity contribution in [1.29, 1.82) is 0 Å². The summed E-state index contributed by atoms with van der Waals surface area (Å²) >= 11 is 0. The lowest BCUT2D eigenvalue weighted by Crippen LogP contribution is -2.59. The summed E-state index contributed by atoms with van der Waals surface area (Å²) in [4.78, 5) is 55.5. The number of methoxy groups -OCH3 is 2. The van der Waals surface area contributed by atoms with Crippen molar-refractivity contribution in [3.8, 4) is 5.75 Å². The van der Waals surface area contributed by atoms with Gasteiger partial charge in [-0.25, -0.2) is 0 Å². The minimum atomic E-state index is -1.06. The summed E-state index contributed by atoms with van der Waals surface area (Å²) in [6, 6.07) is 13.5. The maximum atomic E-state index is 13.8. The number of hydrogen-bond acceptors (Lipinski definition) is 9. The number of ketones is 1.